The fraction of sp³-hybridized carbons (Fsp3) is 0.211. The lowest BCUT2D eigenvalue weighted by Gasteiger charge is -2.36. The van der Waals surface area contributed by atoms with Gasteiger partial charge in [0.2, 0.25) is 0 Å². The summed E-state index contributed by atoms with van der Waals surface area (Å²) in [7, 11) is 0. The van der Waals surface area contributed by atoms with Crippen molar-refractivity contribution in [1.82, 2.24) is 19.9 Å². The summed E-state index contributed by atoms with van der Waals surface area (Å²) < 4.78 is 13.9. The van der Waals surface area contributed by atoms with E-state index in [0.717, 1.165) is 17.3 Å². The Morgan fingerprint density at radius 1 is 1.19 bits per heavy atom. The van der Waals surface area contributed by atoms with Gasteiger partial charge >= 0.3 is 5.97 Å². The molecule has 8 heteroatoms. The van der Waals surface area contributed by atoms with Crippen molar-refractivity contribution in [2.75, 3.05) is 11.4 Å². The van der Waals surface area contributed by atoms with E-state index in [1.165, 1.54) is 12.1 Å². The molecular formula is C19H16FN5O2. The molecule has 1 aliphatic heterocycles. The number of carboxylic acid groups (broad SMARTS) is 1. The van der Waals surface area contributed by atoms with Crippen LogP contribution in [0, 0.1) is 5.82 Å². The predicted molar refractivity (Wildman–Crippen MR) is 95.9 cm³/mol. The summed E-state index contributed by atoms with van der Waals surface area (Å²) in [6, 6.07) is 5.46. The van der Waals surface area contributed by atoms with Gasteiger partial charge in [0.05, 0.1) is 17.3 Å². The molecule has 1 N–H and O–H groups in total. The minimum atomic E-state index is -1.16. The van der Waals surface area contributed by atoms with Crippen molar-refractivity contribution in [2.24, 2.45) is 0 Å². The highest BCUT2D eigenvalue weighted by molar-refractivity contribution is 5.89. The molecule has 3 heterocycles. The predicted octanol–water partition coefficient (Wildman–Crippen LogP) is 2.89. The largest absolute Gasteiger partial charge is 0.478 e. The average molecular weight is 365 g/mol. The van der Waals surface area contributed by atoms with Crippen LogP contribution in [0.4, 0.5) is 10.1 Å². The molecular weight excluding hydrogens is 349 g/mol. The number of rotatable bonds is 3. The third-order valence-corrected chi connectivity index (χ3v) is 4.63. The summed E-state index contributed by atoms with van der Waals surface area (Å²) in [6.45, 7) is 2.55. The zero-order valence-electron chi connectivity index (χ0n) is 14.5. The molecule has 136 valence electrons. The first-order chi connectivity index (χ1) is 13.0. The van der Waals surface area contributed by atoms with Crippen molar-refractivity contribution in [3.63, 3.8) is 0 Å². The maximum atomic E-state index is 13.9. The Hall–Kier alpha value is -3.42. The number of benzene rings is 1. The molecule has 7 nitrogen and oxygen atoms in total. The van der Waals surface area contributed by atoms with E-state index in [0.29, 0.717) is 30.3 Å². The van der Waals surface area contributed by atoms with E-state index in [-0.39, 0.29) is 11.6 Å². The van der Waals surface area contributed by atoms with Crippen LogP contribution in [-0.4, -0.2) is 37.6 Å². The van der Waals surface area contributed by atoms with Gasteiger partial charge in [0.1, 0.15) is 5.82 Å². The molecule has 0 saturated heterocycles. The summed E-state index contributed by atoms with van der Waals surface area (Å²) in [5.74, 6) is -0.798. The molecule has 27 heavy (non-hydrogen) atoms. The van der Waals surface area contributed by atoms with E-state index in [9.17, 15) is 14.3 Å². The monoisotopic (exact) mass is 365 g/mol. The molecule has 2 aromatic heterocycles. The summed E-state index contributed by atoms with van der Waals surface area (Å²) >= 11 is 0. The molecule has 0 amide bonds. The van der Waals surface area contributed by atoms with E-state index in [1.807, 2.05) is 11.8 Å². The minimum absolute atomic E-state index is 0.0733. The Kier molecular flexibility index (Phi) is 4.23. The van der Waals surface area contributed by atoms with Crippen LogP contribution in [0.25, 0.3) is 11.6 Å². The van der Waals surface area contributed by atoms with Gasteiger partial charge in [-0.3, -0.25) is 0 Å². The van der Waals surface area contributed by atoms with Crippen LogP contribution in [0.15, 0.2) is 42.9 Å². The highest BCUT2D eigenvalue weighted by Gasteiger charge is 2.27. The SMILES string of the molecule is CC1c2cnc(-c3ncccn3)nc2CCN1c1cc(F)cc(C(=O)O)c1. The lowest BCUT2D eigenvalue weighted by Crippen LogP contribution is -2.35. The third-order valence-electron chi connectivity index (χ3n) is 4.63. The van der Waals surface area contributed by atoms with Gasteiger partial charge in [-0.05, 0) is 31.2 Å². The van der Waals surface area contributed by atoms with Crippen molar-refractivity contribution in [1.29, 1.82) is 0 Å². The van der Waals surface area contributed by atoms with Crippen LogP contribution < -0.4 is 4.90 Å². The highest BCUT2D eigenvalue weighted by Crippen LogP contribution is 2.33. The molecule has 1 aliphatic rings. The summed E-state index contributed by atoms with van der Waals surface area (Å²) in [6.07, 6.45) is 5.64. The molecule has 0 aliphatic carbocycles. The van der Waals surface area contributed by atoms with Gasteiger partial charge in [0.25, 0.3) is 0 Å². The number of aromatic carboxylic acids is 1. The van der Waals surface area contributed by atoms with E-state index in [4.69, 9.17) is 0 Å². The van der Waals surface area contributed by atoms with Crippen LogP contribution in [0.3, 0.4) is 0 Å². The first-order valence-corrected chi connectivity index (χ1v) is 8.46. The first kappa shape index (κ1) is 17.0. The number of hydrogen-bond donors (Lipinski definition) is 1. The maximum absolute atomic E-state index is 13.9. The smallest absolute Gasteiger partial charge is 0.335 e. The van der Waals surface area contributed by atoms with Crippen molar-refractivity contribution in [3.05, 3.63) is 65.5 Å². The molecule has 1 atom stereocenters. The Morgan fingerprint density at radius 2 is 1.96 bits per heavy atom. The molecule has 0 saturated carbocycles. The molecule has 4 rings (SSSR count). The number of halogens is 1. The van der Waals surface area contributed by atoms with Crippen molar-refractivity contribution < 1.29 is 14.3 Å². The fourth-order valence-electron chi connectivity index (χ4n) is 3.30. The van der Waals surface area contributed by atoms with Gasteiger partial charge < -0.3 is 10.0 Å². The van der Waals surface area contributed by atoms with Crippen LogP contribution in [0.1, 0.15) is 34.6 Å². The molecule has 1 aromatic carbocycles. The Morgan fingerprint density at radius 3 is 2.70 bits per heavy atom. The van der Waals surface area contributed by atoms with Gasteiger partial charge in [-0.25, -0.2) is 29.1 Å². The normalized spacial score (nSPS) is 16.1. The molecule has 1 unspecified atom stereocenters. The van der Waals surface area contributed by atoms with Crippen molar-refractivity contribution in [2.45, 2.75) is 19.4 Å². The third kappa shape index (κ3) is 3.21. The van der Waals surface area contributed by atoms with E-state index in [1.54, 1.807) is 24.7 Å². The average Bonchev–Trinajstić information content (AvgIpc) is 2.68. The fourth-order valence-corrected chi connectivity index (χ4v) is 3.30. The highest BCUT2D eigenvalue weighted by atomic mass is 19.1. The number of fused-ring (bicyclic) bond motifs is 1. The van der Waals surface area contributed by atoms with Crippen LogP contribution >= 0.6 is 0 Å². The standard InChI is InChI=1S/C19H16FN5O2/c1-11-15-10-23-18(17-21-4-2-5-22-17)24-16(15)3-6-25(11)14-8-12(19(26)27)7-13(20)9-14/h2,4-5,7-11H,3,6H2,1H3,(H,26,27). The van der Waals surface area contributed by atoms with Crippen LogP contribution in [-0.2, 0) is 6.42 Å². The van der Waals surface area contributed by atoms with Crippen LogP contribution in [0.5, 0.6) is 0 Å². The second-order valence-electron chi connectivity index (χ2n) is 6.29. The van der Waals surface area contributed by atoms with Gasteiger partial charge in [-0.2, -0.15) is 0 Å². The molecule has 0 bridgehead atoms. The zero-order valence-corrected chi connectivity index (χ0v) is 14.5. The van der Waals surface area contributed by atoms with E-state index in [2.05, 4.69) is 19.9 Å². The lowest BCUT2D eigenvalue weighted by molar-refractivity contribution is 0.0696. The van der Waals surface area contributed by atoms with E-state index >= 15 is 0 Å². The van der Waals surface area contributed by atoms with Crippen molar-refractivity contribution in [3.8, 4) is 11.6 Å². The van der Waals surface area contributed by atoms with Gasteiger partial charge in [-0.1, -0.05) is 0 Å². The topological polar surface area (TPSA) is 92.1 Å². The second-order valence-corrected chi connectivity index (χ2v) is 6.29. The second kappa shape index (κ2) is 6.71. The first-order valence-electron chi connectivity index (χ1n) is 8.46. The van der Waals surface area contributed by atoms with Crippen LogP contribution in [0.2, 0.25) is 0 Å². The minimum Gasteiger partial charge on any atom is -0.478 e. The number of nitrogens with zero attached hydrogens (tertiary/aromatic N) is 5. The summed E-state index contributed by atoms with van der Waals surface area (Å²) in [5.41, 5.74) is 2.27. The molecule has 0 fully saturated rings. The van der Waals surface area contributed by atoms with Crippen molar-refractivity contribution >= 4 is 11.7 Å². The number of hydrogen-bond acceptors (Lipinski definition) is 6. The number of anilines is 1. The number of carbonyl (C=O) groups is 1. The van der Waals surface area contributed by atoms with Gasteiger partial charge in [0.15, 0.2) is 11.6 Å². The summed E-state index contributed by atoms with van der Waals surface area (Å²) in [4.78, 5) is 30.5. The van der Waals surface area contributed by atoms with Gasteiger partial charge in [-0.15, -0.1) is 0 Å². The number of carboxylic acids is 1. The Balaban J connectivity index is 1.68. The van der Waals surface area contributed by atoms with E-state index < -0.39 is 11.8 Å². The molecule has 0 spiro atoms. The zero-order chi connectivity index (χ0) is 19.0. The number of aromatic nitrogens is 4. The quantitative estimate of drug-likeness (QED) is 0.763. The Labute approximate surface area is 154 Å². The maximum Gasteiger partial charge on any atom is 0.335 e. The van der Waals surface area contributed by atoms with Gasteiger partial charge in [0, 0.05) is 42.8 Å². The summed E-state index contributed by atoms with van der Waals surface area (Å²) in [5, 5.41) is 9.18. The lowest BCUT2D eigenvalue weighted by atomic mass is 9.98. The Bertz CT molecular complexity index is 1010. The molecule has 3 aromatic rings. The molecule has 0 radical (unpaired) electrons.